The standard InChI is InChI=1S/C7H6Br2/c8-7(9)5-3-1-2-4-6-7/h1-6H. The average Bonchev–Trinajstić information content (AvgIpc) is 1.92. The summed E-state index contributed by atoms with van der Waals surface area (Å²) in [5.41, 5.74) is 0. The molecule has 0 saturated carbocycles. The van der Waals surface area contributed by atoms with Crippen LogP contribution in [0.25, 0.3) is 0 Å². The molecule has 0 atom stereocenters. The van der Waals surface area contributed by atoms with Crippen LogP contribution in [0, 0.1) is 0 Å². The Morgan fingerprint density at radius 3 is 1.67 bits per heavy atom. The van der Waals surface area contributed by atoms with Crippen molar-refractivity contribution >= 4 is 31.9 Å². The van der Waals surface area contributed by atoms with Gasteiger partial charge in [0, 0.05) is 0 Å². The molecule has 48 valence electrons. The first-order valence-corrected chi connectivity index (χ1v) is 4.21. The number of rotatable bonds is 0. The summed E-state index contributed by atoms with van der Waals surface area (Å²) in [5.74, 6) is 0. The number of alkyl halides is 2. The van der Waals surface area contributed by atoms with E-state index < -0.39 is 0 Å². The third-order valence-electron chi connectivity index (χ3n) is 0.970. The second kappa shape index (κ2) is 2.84. The van der Waals surface area contributed by atoms with Crippen LogP contribution in [0.4, 0.5) is 0 Å². The summed E-state index contributed by atoms with van der Waals surface area (Å²) < 4.78 is -0.135. The van der Waals surface area contributed by atoms with E-state index in [0.717, 1.165) is 0 Å². The molecule has 9 heavy (non-hydrogen) atoms. The Morgan fingerprint density at radius 1 is 0.778 bits per heavy atom. The van der Waals surface area contributed by atoms with E-state index in [1.165, 1.54) is 0 Å². The highest BCUT2D eigenvalue weighted by atomic mass is 79.9. The van der Waals surface area contributed by atoms with E-state index in [9.17, 15) is 0 Å². The summed E-state index contributed by atoms with van der Waals surface area (Å²) in [4.78, 5) is 0. The van der Waals surface area contributed by atoms with Crippen molar-refractivity contribution in [3.63, 3.8) is 0 Å². The number of allylic oxidation sites excluding steroid dienone is 6. The lowest BCUT2D eigenvalue weighted by Crippen LogP contribution is -1.98. The smallest absolute Gasteiger partial charge is 0.0637 e. The number of hydrogen-bond donors (Lipinski definition) is 0. The van der Waals surface area contributed by atoms with Gasteiger partial charge in [0.25, 0.3) is 0 Å². The van der Waals surface area contributed by atoms with Crippen LogP contribution in [-0.2, 0) is 0 Å². The molecule has 0 unspecified atom stereocenters. The minimum atomic E-state index is -0.135. The maximum Gasteiger partial charge on any atom is 0.117 e. The van der Waals surface area contributed by atoms with Crippen LogP contribution in [0.5, 0.6) is 0 Å². The number of hydrogen-bond acceptors (Lipinski definition) is 0. The van der Waals surface area contributed by atoms with Crippen LogP contribution in [0.2, 0.25) is 0 Å². The van der Waals surface area contributed by atoms with Gasteiger partial charge >= 0.3 is 0 Å². The fourth-order valence-electron chi connectivity index (χ4n) is 0.552. The van der Waals surface area contributed by atoms with Crippen LogP contribution in [-0.4, -0.2) is 3.23 Å². The molecule has 0 fully saturated rings. The lowest BCUT2D eigenvalue weighted by Gasteiger charge is -2.06. The topological polar surface area (TPSA) is 0 Å². The van der Waals surface area contributed by atoms with Crippen LogP contribution in [0.1, 0.15) is 0 Å². The van der Waals surface area contributed by atoms with Crippen LogP contribution < -0.4 is 0 Å². The molecule has 1 aliphatic carbocycles. The van der Waals surface area contributed by atoms with E-state index >= 15 is 0 Å². The zero-order valence-corrected chi connectivity index (χ0v) is 7.89. The fraction of sp³-hybridized carbons (Fsp3) is 0.143. The molecule has 0 heterocycles. The summed E-state index contributed by atoms with van der Waals surface area (Å²) in [6.07, 6.45) is 12.0. The molecule has 0 saturated heterocycles. The van der Waals surface area contributed by atoms with Gasteiger partial charge in [-0.15, -0.1) is 0 Å². The van der Waals surface area contributed by atoms with Gasteiger partial charge in [-0.25, -0.2) is 0 Å². The van der Waals surface area contributed by atoms with Gasteiger partial charge in [0.1, 0.15) is 3.23 Å². The highest BCUT2D eigenvalue weighted by Crippen LogP contribution is 2.30. The van der Waals surface area contributed by atoms with E-state index in [0.29, 0.717) is 0 Å². The molecule has 0 aromatic carbocycles. The van der Waals surface area contributed by atoms with Crippen molar-refractivity contribution in [2.45, 2.75) is 3.23 Å². The summed E-state index contributed by atoms with van der Waals surface area (Å²) >= 11 is 6.89. The van der Waals surface area contributed by atoms with Gasteiger partial charge in [-0.05, 0) is 0 Å². The largest absolute Gasteiger partial charge is 0.117 e. The molecule has 0 aliphatic heterocycles. The van der Waals surface area contributed by atoms with E-state index in [2.05, 4.69) is 31.9 Å². The van der Waals surface area contributed by atoms with Crippen LogP contribution in [0.15, 0.2) is 36.5 Å². The quantitative estimate of drug-likeness (QED) is 0.579. The Balaban J connectivity index is 2.82. The van der Waals surface area contributed by atoms with Crippen molar-refractivity contribution in [1.82, 2.24) is 0 Å². The lowest BCUT2D eigenvalue weighted by atomic mass is 10.4. The molecule has 0 aromatic rings. The zero-order chi connectivity index (χ0) is 6.74. The zero-order valence-electron chi connectivity index (χ0n) is 4.72. The summed E-state index contributed by atoms with van der Waals surface area (Å²) in [7, 11) is 0. The molecular formula is C7H6Br2. The van der Waals surface area contributed by atoms with E-state index in [-0.39, 0.29) is 3.23 Å². The van der Waals surface area contributed by atoms with Crippen molar-refractivity contribution in [2.75, 3.05) is 0 Å². The second-order valence-electron chi connectivity index (χ2n) is 1.78. The van der Waals surface area contributed by atoms with Gasteiger partial charge < -0.3 is 0 Å². The normalized spacial score (nSPS) is 22.0. The first kappa shape index (κ1) is 7.29. The van der Waals surface area contributed by atoms with Gasteiger partial charge in [-0.3, -0.25) is 0 Å². The SMILES string of the molecule is BrC1(Br)C=CC=CC=C1. The van der Waals surface area contributed by atoms with Crippen molar-refractivity contribution < 1.29 is 0 Å². The average molecular weight is 250 g/mol. The Hall–Kier alpha value is 0.180. The molecule has 0 spiro atoms. The third kappa shape index (κ3) is 2.50. The lowest BCUT2D eigenvalue weighted by molar-refractivity contribution is 1.38. The summed E-state index contributed by atoms with van der Waals surface area (Å²) in [5, 5.41) is 0. The fourth-order valence-corrected chi connectivity index (χ4v) is 1.16. The summed E-state index contributed by atoms with van der Waals surface area (Å²) in [6, 6.07) is 0. The predicted octanol–water partition coefficient (Wildman–Crippen LogP) is 3.15. The van der Waals surface area contributed by atoms with Gasteiger partial charge in [0.15, 0.2) is 0 Å². The van der Waals surface area contributed by atoms with Gasteiger partial charge in [0.05, 0.1) is 0 Å². The third-order valence-corrected chi connectivity index (χ3v) is 2.03. The molecule has 0 aromatic heterocycles. The molecule has 0 radical (unpaired) electrons. The van der Waals surface area contributed by atoms with E-state index in [4.69, 9.17) is 0 Å². The molecule has 0 nitrogen and oxygen atoms in total. The van der Waals surface area contributed by atoms with Gasteiger partial charge in [-0.1, -0.05) is 68.3 Å². The summed E-state index contributed by atoms with van der Waals surface area (Å²) in [6.45, 7) is 0. The minimum Gasteiger partial charge on any atom is -0.0637 e. The van der Waals surface area contributed by atoms with E-state index in [1.54, 1.807) is 0 Å². The Morgan fingerprint density at radius 2 is 1.22 bits per heavy atom. The predicted molar refractivity (Wildman–Crippen MR) is 48.0 cm³/mol. The highest BCUT2D eigenvalue weighted by molar-refractivity contribution is 9.25. The minimum absolute atomic E-state index is 0.135. The molecule has 0 bridgehead atoms. The van der Waals surface area contributed by atoms with Crippen LogP contribution in [0.3, 0.4) is 0 Å². The van der Waals surface area contributed by atoms with Crippen molar-refractivity contribution in [2.24, 2.45) is 0 Å². The molecule has 0 amide bonds. The molecular weight excluding hydrogens is 244 g/mol. The first-order chi connectivity index (χ1) is 4.21. The Labute approximate surface area is 71.6 Å². The number of halogens is 2. The van der Waals surface area contributed by atoms with Gasteiger partial charge in [0.2, 0.25) is 0 Å². The molecule has 0 N–H and O–H groups in total. The molecule has 1 rings (SSSR count). The van der Waals surface area contributed by atoms with Crippen molar-refractivity contribution in [1.29, 1.82) is 0 Å². The second-order valence-corrected chi connectivity index (χ2v) is 5.47. The molecule has 1 aliphatic rings. The van der Waals surface area contributed by atoms with E-state index in [1.807, 2.05) is 36.5 Å². The Kier molecular flexibility index (Phi) is 2.30. The van der Waals surface area contributed by atoms with Crippen LogP contribution >= 0.6 is 31.9 Å². The maximum atomic E-state index is 3.45. The molecule has 2 heteroatoms. The first-order valence-electron chi connectivity index (χ1n) is 2.62. The maximum absolute atomic E-state index is 3.45. The van der Waals surface area contributed by atoms with Crippen molar-refractivity contribution in [3.05, 3.63) is 36.5 Å². The monoisotopic (exact) mass is 248 g/mol. The Bertz CT molecular complexity index is 157. The van der Waals surface area contributed by atoms with Crippen molar-refractivity contribution in [3.8, 4) is 0 Å². The highest BCUT2D eigenvalue weighted by Gasteiger charge is 2.12. The van der Waals surface area contributed by atoms with Gasteiger partial charge in [-0.2, -0.15) is 0 Å².